The number of guanidine groups is 1. The molecule has 0 aliphatic carbocycles. The molecule has 0 saturated carbocycles. The molecule has 0 aliphatic rings. The minimum absolute atomic E-state index is 0. The van der Waals surface area contributed by atoms with Crippen LogP contribution in [0, 0.1) is 0 Å². The van der Waals surface area contributed by atoms with Crippen LogP contribution < -0.4 is 10.6 Å². The van der Waals surface area contributed by atoms with Crippen molar-refractivity contribution in [3.63, 3.8) is 0 Å². The van der Waals surface area contributed by atoms with Gasteiger partial charge in [0.25, 0.3) is 0 Å². The van der Waals surface area contributed by atoms with Gasteiger partial charge in [-0.2, -0.15) is 0 Å². The summed E-state index contributed by atoms with van der Waals surface area (Å²) >= 11 is 0. The second-order valence-corrected chi connectivity index (χ2v) is 11.4. The maximum absolute atomic E-state index is 12.1. The van der Waals surface area contributed by atoms with Gasteiger partial charge >= 0.3 is 0 Å². The molecule has 0 aromatic heterocycles. The first-order chi connectivity index (χ1) is 12.0. The van der Waals surface area contributed by atoms with E-state index in [2.05, 4.69) is 15.6 Å². The molecule has 0 heterocycles. The molecule has 6 nitrogen and oxygen atoms in total. The molecule has 156 valence electrons. The van der Waals surface area contributed by atoms with Crippen molar-refractivity contribution in [3.05, 3.63) is 29.8 Å². The second kappa shape index (κ2) is 12.0. The van der Waals surface area contributed by atoms with E-state index in [1.807, 2.05) is 39.8 Å². The summed E-state index contributed by atoms with van der Waals surface area (Å²) in [6.45, 7) is 9.81. The molecule has 27 heavy (non-hydrogen) atoms. The maximum Gasteiger partial charge on any atom is 0.191 e. The van der Waals surface area contributed by atoms with Crippen LogP contribution in [-0.2, 0) is 27.1 Å². The molecule has 0 radical (unpaired) electrons. The SMILES string of the molecule is CCNC(=NCCS(=O)C(C)(C)C)NCCc1ccc(S(C)(=O)=O)cc1.I. The molecule has 1 atom stereocenters. The summed E-state index contributed by atoms with van der Waals surface area (Å²) in [4.78, 5) is 4.80. The van der Waals surface area contributed by atoms with Crippen LogP contribution in [0.2, 0.25) is 0 Å². The molecule has 0 bridgehead atoms. The second-order valence-electron chi connectivity index (χ2n) is 7.02. The summed E-state index contributed by atoms with van der Waals surface area (Å²) in [5, 5.41) is 6.42. The van der Waals surface area contributed by atoms with Crippen LogP contribution in [0.1, 0.15) is 33.3 Å². The average molecular weight is 530 g/mol. The summed E-state index contributed by atoms with van der Waals surface area (Å²) in [6.07, 6.45) is 1.96. The predicted octanol–water partition coefficient (Wildman–Crippen LogP) is 2.35. The van der Waals surface area contributed by atoms with E-state index in [0.717, 1.165) is 18.5 Å². The van der Waals surface area contributed by atoms with Crippen molar-refractivity contribution >= 4 is 50.6 Å². The Labute approximate surface area is 183 Å². The van der Waals surface area contributed by atoms with Crippen LogP contribution in [0.15, 0.2) is 34.2 Å². The van der Waals surface area contributed by atoms with Crippen molar-refractivity contribution in [2.24, 2.45) is 4.99 Å². The fraction of sp³-hybridized carbons (Fsp3) is 0.611. The highest BCUT2D eigenvalue weighted by molar-refractivity contribution is 14.0. The van der Waals surface area contributed by atoms with Gasteiger partial charge in [0, 0.05) is 40.6 Å². The quantitative estimate of drug-likeness (QED) is 0.307. The molecule has 1 rings (SSSR count). The number of hydrogen-bond donors (Lipinski definition) is 2. The first-order valence-corrected chi connectivity index (χ1v) is 11.9. The van der Waals surface area contributed by atoms with Crippen molar-refractivity contribution in [1.82, 2.24) is 10.6 Å². The molecular weight excluding hydrogens is 497 g/mol. The lowest BCUT2D eigenvalue weighted by Gasteiger charge is -2.17. The van der Waals surface area contributed by atoms with E-state index < -0.39 is 20.6 Å². The molecule has 0 saturated heterocycles. The van der Waals surface area contributed by atoms with Crippen LogP contribution in [0.3, 0.4) is 0 Å². The van der Waals surface area contributed by atoms with Crippen molar-refractivity contribution in [3.8, 4) is 0 Å². The van der Waals surface area contributed by atoms with Crippen LogP contribution in [0.25, 0.3) is 0 Å². The summed E-state index contributed by atoms with van der Waals surface area (Å²) < 4.78 is 34.8. The van der Waals surface area contributed by atoms with E-state index in [1.54, 1.807) is 12.1 Å². The van der Waals surface area contributed by atoms with Gasteiger partial charge in [-0.25, -0.2) is 8.42 Å². The Balaban J connectivity index is 0.00000676. The smallest absolute Gasteiger partial charge is 0.191 e. The van der Waals surface area contributed by atoms with Gasteiger partial charge in [0.05, 0.1) is 11.4 Å². The summed E-state index contributed by atoms with van der Waals surface area (Å²) in [6, 6.07) is 6.92. The number of benzene rings is 1. The Morgan fingerprint density at radius 2 is 1.74 bits per heavy atom. The molecule has 1 aromatic rings. The average Bonchev–Trinajstić information content (AvgIpc) is 2.53. The minimum Gasteiger partial charge on any atom is -0.357 e. The lowest BCUT2D eigenvalue weighted by atomic mass is 10.1. The number of sulfone groups is 1. The van der Waals surface area contributed by atoms with Crippen molar-refractivity contribution in [2.45, 2.75) is 43.8 Å². The van der Waals surface area contributed by atoms with E-state index in [0.29, 0.717) is 29.7 Å². The molecule has 0 fully saturated rings. The lowest BCUT2D eigenvalue weighted by Crippen LogP contribution is -2.38. The van der Waals surface area contributed by atoms with Gasteiger partial charge in [-0.3, -0.25) is 9.20 Å². The Hall–Kier alpha value is -0.680. The lowest BCUT2D eigenvalue weighted by molar-refractivity contribution is 0.602. The Kier molecular flexibility index (Phi) is 11.7. The van der Waals surface area contributed by atoms with Gasteiger partial charge in [-0.05, 0) is 51.8 Å². The number of nitrogens with zero attached hydrogens (tertiary/aromatic N) is 1. The van der Waals surface area contributed by atoms with Crippen LogP contribution in [0.4, 0.5) is 0 Å². The number of hydrogen-bond acceptors (Lipinski definition) is 4. The first-order valence-electron chi connectivity index (χ1n) is 8.73. The fourth-order valence-electron chi connectivity index (χ4n) is 2.12. The number of aliphatic imine (C=N–C) groups is 1. The highest BCUT2D eigenvalue weighted by Crippen LogP contribution is 2.11. The van der Waals surface area contributed by atoms with Crippen molar-refractivity contribution < 1.29 is 12.6 Å². The van der Waals surface area contributed by atoms with Gasteiger partial charge in [0.2, 0.25) is 0 Å². The summed E-state index contributed by atoms with van der Waals surface area (Å²) in [5.74, 6) is 1.23. The van der Waals surface area contributed by atoms with Gasteiger partial charge in [0.1, 0.15) is 0 Å². The van der Waals surface area contributed by atoms with E-state index >= 15 is 0 Å². The summed E-state index contributed by atoms with van der Waals surface area (Å²) in [5.41, 5.74) is 1.05. The number of halogens is 1. The van der Waals surface area contributed by atoms with Crippen LogP contribution in [0.5, 0.6) is 0 Å². The van der Waals surface area contributed by atoms with Crippen LogP contribution in [-0.4, -0.2) is 55.0 Å². The largest absolute Gasteiger partial charge is 0.357 e. The fourth-order valence-corrected chi connectivity index (χ4v) is 3.62. The minimum atomic E-state index is -3.16. The molecule has 0 spiro atoms. The van der Waals surface area contributed by atoms with E-state index in [9.17, 15) is 12.6 Å². The summed E-state index contributed by atoms with van der Waals surface area (Å²) in [7, 11) is -4.07. The third kappa shape index (κ3) is 10.4. The van der Waals surface area contributed by atoms with Gasteiger partial charge in [-0.15, -0.1) is 24.0 Å². The van der Waals surface area contributed by atoms with E-state index in [-0.39, 0.29) is 28.7 Å². The third-order valence-electron chi connectivity index (χ3n) is 3.63. The van der Waals surface area contributed by atoms with Crippen molar-refractivity contribution in [1.29, 1.82) is 0 Å². The predicted molar refractivity (Wildman–Crippen MR) is 125 cm³/mol. The monoisotopic (exact) mass is 529 g/mol. The Morgan fingerprint density at radius 1 is 1.15 bits per heavy atom. The zero-order valence-corrected chi connectivity index (χ0v) is 20.7. The highest BCUT2D eigenvalue weighted by atomic mass is 127. The topological polar surface area (TPSA) is 87.6 Å². The zero-order valence-electron chi connectivity index (χ0n) is 16.7. The van der Waals surface area contributed by atoms with Crippen LogP contribution >= 0.6 is 24.0 Å². The molecule has 0 amide bonds. The van der Waals surface area contributed by atoms with Gasteiger partial charge in [-0.1, -0.05) is 12.1 Å². The highest BCUT2D eigenvalue weighted by Gasteiger charge is 2.18. The van der Waals surface area contributed by atoms with E-state index in [1.165, 1.54) is 6.26 Å². The Bertz CT molecular complexity index is 727. The molecule has 9 heteroatoms. The number of nitrogens with one attached hydrogen (secondary N) is 2. The Morgan fingerprint density at radius 3 is 2.22 bits per heavy atom. The molecule has 1 aromatic carbocycles. The maximum atomic E-state index is 12.1. The molecule has 1 unspecified atom stereocenters. The molecule has 0 aliphatic heterocycles. The molecular formula is C18H32IN3O3S2. The van der Waals surface area contributed by atoms with Crippen molar-refractivity contribution in [2.75, 3.05) is 31.6 Å². The third-order valence-corrected chi connectivity index (χ3v) is 6.68. The molecule has 2 N–H and O–H groups in total. The first kappa shape index (κ1) is 26.3. The normalized spacial score (nSPS) is 13.6. The number of rotatable bonds is 8. The van der Waals surface area contributed by atoms with Gasteiger partial charge in [0.15, 0.2) is 15.8 Å². The van der Waals surface area contributed by atoms with Gasteiger partial charge < -0.3 is 10.6 Å². The zero-order chi connectivity index (χ0) is 19.8. The standard InChI is InChI=1S/C18H31N3O3S2.HI/c1-6-19-17(21-13-14-25(22)18(2,3)4)20-12-11-15-7-9-16(10-8-15)26(5,23)24;/h7-10H,6,11-14H2,1-5H3,(H2,19,20,21);1H. The van der Waals surface area contributed by atoms with E-state index in [4.69, 9.17) is 0 Å².